The van der Waals surface area contributed by atoms with Crippen LogP contribution in [-0.4, -0.2) is 0 Å². The van der Waals surface area contributed by atoms with Crippen molar-refractivity contribution in [1.82, 2.24) is 0 Å². The Hall–Kier alpha value is -0.520. The highest BCUT2D eigenvalue weighted by molar-refractivity contribution is 4.96. The van der Waals surface area contributed by atoms with Gasteiger partial charge in [-0.15, -0.1) is 0 Å². The van der Waals surface area contributed by atoms with Crippen molar-refractivity contribution >= 4 is 0 Å². The molecule has 0 aromatic heterocycles. The second kappa shape index (κ2) is 7.59. The number of allylic oxidation sites excluding steroid dienone is 3. The van der Waals surface area contributed by atoms with Gasteiger partial charge in [-0.2, -0.15) is 0 Å². The number of hydrogen-bond acceptors (Lipinski definition) is 0. The van der Waals surface area contributed by atoms with Crippen LogP contribution in [0.3, 0.4) is 0 Å². The molecule has 64 valence electrons. The van der Waals surface area contributed by atoms with Crippen molar-refractivity contribution in [2.45, 2.75) is 39.5 Å². The molecular weight excluding hydrogens is 132 g/mol. The highest BCUT2D eigenvalue weighted by atomic mass is 14.0. The van der Waals surface area contributed by atoms with Gasteiger partial charge in [-0.3, -0.25) is 0 Å². The SMILES string of the molecule is C=CC=CCCC(C)CCC. The maximum absolute atomic E-state index is 3.63. The molecule has 0 heterocycles. The summed E-state index contributed by atoms with van der Waals surface area (Å²) in [6, 6.07) is 0. The number of rotatable bonds is 6. The molecular formula is C11H20. The Morgan fingerprint density at radius 1 is 1.36 bits per heavy atom. The highest BCUT2D eigenvalue weighted by Gasteiger charge is 1.96. The van der Waals surface area contributed by atoms with Crippen LogP contribution in [0, 0.1) is 5.92 Å². The van der Waals surface area contributed by atoms with Crippen LogP contribution in [0.4, 0.5) is 0 Å². The summed E-state index contributed by atoms with van der Waals surface area (Å²) in [6.07, 6.45) is 11.3. The van der Waals surface area contributed by atoms with E-state index in [1.807, 2.05) is 12.2 Å². The van der Waals surface area contributed by atoms with Crippen LogP contribution in [0.2, 0.25) is 0 Å². The Morgan fingerprint density at radius 3 is 2.64 bits per heavy atom. The molecule has 1 unspecified atom stereocenters. The summed E-state index contributed by atoms with van der Waals surface area (Å²) >= 11 is 0. The van der Waals surface area contributed by atoms with Gasteiger partial charge in [0, 0.05) is 0 Å². The lowest BCUT2D eigenvalue weighted by Crippen LogP contribution is -1.91. The maximum atomic E-state index is 3.63. The molecule has 0 amide bonds. The van der Waals surface area contributed by atoms with Gasteiger partial charge in [-0.1, -0.05) is 51.5 Å². The molecule has 0 radical (unpaired) electrons. The van der Waals surface area contributed by atoms with E-state index in [2.05, 4.69) is 26.5 Å². The van der Waals surface area contributed by atoms with E-state index in [0.29, 0.717) is 0 Å². The summed E-state index contributed by atoms with van der Waals surface area (Å²) in [5.41, 5.74) is 0. The molecule has 0 heteroatoms. The standard InChI is InChI=1S/C11H20/c1-4-6-7-8-10-11(3)9-5-2/h4,6-7,11H,1,5,8-10H2,2-3H3. The van der Waals surface area contributed by atoms with Gasteiger partial charge in [-0.25, -0.2) is 0 Å². The van der Waals surface area contributed by atoms with Crippen molar-refractivity contribution in [3.05, 3.63) is 24.8 Å². The molecule has 0 bridgehead atoms. The molecule has 0 spiro atoms. The molecule has 0 fully saturated rings. The molecule has 0 N–H and O–H groups in total. The predicted molar refractivity (Wildman–Crippen MR) is 52.6 cm³/mol. The lowest BCUT2D eigenvalue weighted by Gasteiger charge is -2.06. The molecule has 0 nitrogen and oxygen atoms in total. The van der Waals surface area contributed by atoms with Crippen LogP contribution in [-0.2, 0) is 0 Å². The van der Waals surface area contributed by atoms with Gasteiger partial charge in [0.1, 0.15) is 0 Å². The largest absolute Gasteiger partial charge is 0.0991 e. The van der Waals surface area contributed by atoms with Gasteiger partial charge in [0.25, 0.3) is 0 Å². The molecule has 0 saturated heterocycles. The minimum Gasteiger partial charge on any atom is -0.0991 e. The smallest absolute Gasteiger partial charge is 0.0345 e. The molecule has 0 aliphatic carbocycles. The maximum Gasteiger partial charge on any atom is -0.0345 e. The van der Waals surface area contributed by atoms with E-state index in [1.165, 1.54) is 25.7 Å². The van der Waals surface area contributed by atoms with Gasteiger partial charge >= 0.3 is 0 Å². The van der Waals surface area contributed by atoms with Crippen LogP contribution in [0.1, 0.15) is 39.5 Å². The molecule has 0 saturated carbocycles. The van der Waals surface area contributed by atoms with E-state index < -0.39 is 0 Å². The minimum absolute atomic E-state index is 0.884. The molecule has 1 atom stereocenters. The molecule has 0 aromatic carbocycles. The fourth-order valence-corrected chi connectivity index (χ4v) is 1.21. The zero-order valence-corrected chi connectivity index (χ0v) is 7.84. The van der Waals surface area contributed by atoms with E-state index in [-0.39, 0.29) is 0 Å². The predicted octanol–water partition coefficient (Wildman–Crippen LogP) is 3.95. The topological polar surface area (TPSA) is 0 Å². The van der Waals surface area contributed by atoms with Crippen molar-refractivity contribution in [2.75, 3.05) is 0 Å². The Balaban J connectivity index is 3.22. The first-order chi connectivity index (χ1) is 5.31. The van der Waals surface area contributed by atoms with Gasteiger partial charge in [0.05, 0.1) is 0 Å². The van der Waals surface area contributed by atoms with Crippen molar-refractivity contribution in [3.8, 4) is 0 Å². The summed E-state index contributed by atoms with van der Waals surface area (Å²) in [4.78, 5) is 0. The van der Waals surface area contributed by atoms with Crippen LogP contribution in [0.25, 0.3) is 0 Å². The Bertz CT molecular complexity index is 111. The van der Waals surface area contributed by atoms with E-state index in [4.69, 9.17) is 0 Å². The Labute approximate surface area is 71.0 Å². The van der Waals surface area contributed by atoms with Crippen molar-refractivity contribution in [3.63, 3.8) is 0 Å². The van der Waals surface area contributed by atoms with Crippen LogP contribution >= 0.6 is 0 Å². The number of hydrogen-bond donors (Lipinski definition) is 0. The minimum atomic E-state index is 0.884. The van der Waals surface area contributed by atoms with Crippen LogP contribution in [0.5, 0.6) is 0 Å². The van der Waals surface area contributed by atoms with E-state index >= 15 is 0 Å². The van der Waals surface area contributed by atoms with Gasteiger partial charge in [0.2, 0.25) is 0 Å². The van der Waals surface area contributed by atoms with Crippen molar-refractivity contribution in [1.29, 1.82) is 0 Å². The lowest BCUT2D eigenvalue weighted by atomic mass is 10.0. The van der Waals surface area contributed by atoms with Gasteiger partial charge in [-0.05, 0) is 18.8 Å². The molecule has 0 aromatic rings. The summed E-state index contributed by atoms with van der Waals surface area (Å²) in [7, 11) is 0. The van der Waals surface area contributed by atoms with Crippen LogP contribution < -0.4 is 0 Å². The molecule has 0 aliphatic rings. The molecule has 0 aliphatic heterocycles. The van der Waals surface area contributed by atoms with Gasteiger partial charge < -0.3 is 0 Å². The third kappa shape index (κ3) is 7.38. The summed E-state index contributed by atoms with van der Waals surface area (Å²) in [5, 5.41) is 0. The van der Waals surface area contributed by atoms with Gasteiger partial charge in [0.15, 0.2) is 0 Å². The fraction of sp³-hybridized carbons (Fsp3) is 0.636. The first-order valence-corrected chi connectivity index (χ1v) is 4.58. The first-order valence-electron chi connectivity index (χ1n) is 4.58. The van der Waals surface area contributed by atoms with E-state index in [1.54, 1.807) is 0 Å². The van der Waals surface area contributed by atoms with E-state index in [9.17, 15) is 0 Å². The summed E-state index contributed by atoms with van der Waals surface area (Å²) in [6.45, 7) is 8.20. The zero-order chi connectivity index (χ0) is 8.53. The second-order valence-corrected chi connectivity index (χ2v) is 3.14. The second-order valence-electron chi connectivity index (χ2n) is 3.14. The first kappa shape index (κ1) is 10.5. The highest BCUT2D eigenvalue weighted by Crippen LogP contribution is 2.12. The summed E-state index contributed by atoms with van der Waals surface area (Å²) < 4.78 is 0. The van der Waals surface area contributed by atoms with Crippen LogP contribution in [0.15, 0.2) is 24.8 Å². The van der Waals surface area contributed by atoms with Crippen molar-refractivity contribution < 1.29 is 0 Å². The monoisotopic (exact) mass is 152 g/mol. The quantitative estimate of drug-likeness (QED) is 0.506. The normalized spacial score (nSPS) is 13.6. The lowest BCUT2D eigenvalue weighted by molar-refractivity contribution is 0.491. The third-order valence-electron chi connectivity index (χ3n) is 1.88. The Morgan fingerprint density at radius 2 is 2.09 bits per heavy atom. The average molecular weight is 152 g/mol. The fourth-order valence-electron chi connectivity index (χ4n) is 1.21. The van der Waals surface area contributed by atoms with Crippen molar-refractivity contribution in [2.24, 2.45) is 5.92 Å². The van der Waals surface area contributed by atoms with E-state index in [0.717, 1.165) is 5.92 Å². The third-order valence-corrected chi connectivity index (χ3v) is 1.88. The zero-order valence-electron chi connectivity index (χ0n) is 7.84. The summed E-state index contributed by atoms with van der Waals surface area (Å²) in [5.74, 6) is 0.884. The average Bonchev–Trinajstić information content (AvgIpc) is 1.99. The molecule has 11 heavy (non-hydrogen) atoms. The molecule has 0 rings (SSSR count). The Kier molecular flexibility index (Phi) is 7.23.